The van der Waals surface area contributed by atoms with E-state index < -0.39 is 17.5 Å². The van der Waals surface area contributed by atoms with Gasteiger partial charge in [-0.2, -0.15) is 0 Å². The molecule has 7 nitrogen and oxygen atoms in total. The number of hydrogen-bond donors (Lipinski definition) is 3. The molecule has 0 bridgehead atoms. The number of aliphatic carboxylic acids is 1. The lowest BCUT2D eigenvalue weighted by atomic mass is 9.85. The van der Waals surface area contributed by atoms with Crippen LogP contribution in [0, 0.1) is 17.7 Å². The summed E-state index contributed by atoms with van der Waals surface area (Å²) in [7, 11) is 0. The largest absolute Gasteiger partial charge is 0.504 e. The minimum atomic E-state index is -0.780. The van der Waals surface area contributed by atoms with Crippen molar-refractivity contribution < 1.29 is 19.4 Å². The molecular weight excluding hydrogens is 339 g/mol. The van der Waals surface area contributed by atoms with Crippen LogP contribution in [0.4, 0.5) is 15.9 Å². The zero-order chi connectivity index (χ0) is 18.8. The van der Waals surface area contributed by atoms with E-state index in [9.17, 15) is 14.3 Å². The first-order valence-corrected chi connectivity index (χ1v) is 8.47. The van der Waals surface area contributed by atoms with Gasteiger partial charge >= 0.3 is 5.97 Å². The molecule has 1 aromatic carbocycles. The number of phenolic OH excluding ortho intramolecular Hbond substituents is 1. The van der Waals surface area contributed by atoms with Crippen LogP contribution in [-0.4, -0.2) is 39.5 Å². The molecule has 1 aliphatic heterocycles. The second kappa shape index (κ2) is 7.15. The number of aromatic nitrogens is 2. The number of carboxylic acids is 1. The predicted octanol–water partition coefficient (Wildman–Crippen LogP) is 2.51. The van der Waals surface area contributed by atoms with Gasteiger partial charge in [0.05, 0.1) is 17.3 Å². The Morgan fingerprint density at radius 2 is 2.04 bits per heavy atom. The van der Waals surface area contributed by atoms with Crippen molar-refractivity contribution in [1.29, 1.82) is 0 Å². The molecule has 1 aromatic heterocycles. The number of carbonyl (C=O) groups is 1. The third-order valence-corrected chi connectivity index (χ3v) is 5.04. The summed E-state index contributed by atoms with van der Waals surface area (Å²) in [5.41, 5.74) is 7.19. The lowest BCUT2D eigenvalue weighted by Crippen LogP contribution is -2.37. The van der Waals surface area contributed by atoms with Crippen LogP contribution in [0.5, 0.6) is 5.75 Å². The van der Waals surface area contributed by atoms with E-state index in [1.165, 1.54) is 12.1 Å². The highest BCUT2D eigenvalue weighted by atomic mass is 19.1. The molecule has 1 saturated heterocycles. The number of aromatic hydroxyl groups is 1. The molecule has 2 aromatic rings. The summed E-state index contributed by atoms with van der Waals surface area (Å²) in [5, 5.41) is 27.0. The molecule has 1 fully saturated rings. The van der Waals surface area contributed by atoms with Gasteiger partial charge in [-0.3, -0.25) is 4.79 Å². The minimum Gasteiger partial charge on any atom is -0.504 e. The molecule has 0 radical (unpaired) electrons. The van der Waals surface area contributed by atoms with Gasteiger partial charge in [0.25, 0.3) is 0 Å². The normalized spacial score (nSPS) is 16.5. The molecule has 0 spiro atoms. The molecule has 26 heavy (non-hydrogen) atoms. The summed E-state index contributed by atoms with van der Waals surface area (Å²) in [6.45, 7) is 3.02. The van der Waals surface area contributed by atoms with Crippen LogP contribution in [0.15, 0.2) is 24.3 Å². The van der Waals surface area contributed by atoms with Crippen molar-refractivity contribution in [2.45, 2.75) is 19.8 Å². The standard InChI is InChI=1S/C18H21FN4O3/c1-10(18(25)26)11-5-7-23(8-6-11)15-9-14(21-22-17(15)20)12-3-2-4-13(19)16(12)24/h2-4,9-11,24H,5-8H2,1H3,(H2,20,22)(H,25,26). The molecule has 8 heteroatoms. The van der Waals surface area contributed by atoms with Crippen LogP contribution in [0.3, 0.4) is 0 Å². The van der Waals surface area contributed by atoms with E-state index in [1.54, 1.807) is 19.1 Å². The molecule has 1 atom stereocenters. The Bertz CT molecular complexity index is 822. The number of phenols is 1. The number of piperidine rings is 1. The van der Waals surface area contributed by atoms with Crippen molar-refractivity contribution in [3.8, 4) is 17.0 Å². The van der Waals surface area contributed by atoms with Gasteiger partial charge in [0.15, 0.2) is 17.4 Å². The lowest BCUT2D eigenvalue weighted by Gasteiger charge is -2.35. The van der Waals surface area contributed by atoms with Gasteiger partial charge in [0.1, 0.15) is 0 Å². The van der Waals surface area contributed by atoms with Crippen molar-refractivity contribution in [3.63, 3.8) is 0 Å². The van der Waals surface area contributed by atoms with Crippen LogP contribution in [0.2, 0.25) is 0 Å². The predicted molar refractivity (Wildman–Crippen MR) is 95.2 cm³/mol. The van der Waals surface area contributed by atoms with E-state index in [-0.39, 0.29) is 23.2 Å². The summed E-state index contributed by atoms with van der Waals surface area (Å²) in [5.74, 6) is -2.01. The zero-order valence-electron chi connectivity index (χ0n) is 14.4. The maximum absolute atomic E-state index is 13.6. The highest BCUT2D eigenvalue weighted by Gasteiger charge is 2.29. The molecular formula is C18H21FN4O3. The van der Waals surface area contributed by atoms with Gasteiger partial charge in [-0.15, -0.1) is 10.2 Å². The Hall–Kier alpha value is -2.90. The maximum Gasteiger partial charge on any atom is 0.306 e. The van der Waals surface area contributed by atoms with Gasteiger partial charge in [-0.1, -0.05) is 13.0 Å². The summed E-state index contributed by atoms with van der Waals surface area (Å²) >= 11 is 0. The molecule has 0 aliphatic carbocycles. The monoisotopic (exact) mass is 360 g/mol. The van der Waals surface area contributed by atoms with Crippen molar-refractivity contribution in [2.24, 2.45) is 11.8 Å². The Balaban J connectivity index is 1.83. The minimum absolute atomic E-state index is 0.117. The van der Waals surface area contributed by atoms with Gasteiger partial charge < -0.3 is 20.8 Å². The zero-order valence-corrected chi connectivity index (χ0v) is 14.4. The third-order valence-electron chi connectivity index (χ3n) is 5.04. The van der Waals surface area contributed by atoms with Crippen molar-refractivity contribution in [3.05, 3.63) is 30.1 Å². The molecule has 3 rings (SSSR count). The average molecular weight is 360 g/mol. The summed E-state index contributed by atoms with van der Waals surface area (Å²) < 4.78 is 13.6. The van der Waals surface area contributed by atoms with Gasteiger partial charge in [-0.05, 0) is 37.0 Å². The number of hydrogen-bond acceptors (Lipinski definition) is 6. The molecule has 0 amide bonds. The van der Waals surface area contributed by atoms with Crippen LogP contribution in [-0.2, 0) is 4.79 Å². The Labute approximate surface area is 150 Å². The highest BCUT2D eigenvalue weighted by Crippen LogP contribution is 2.35. The number of carboxylic acid groups (broad SMARTS) is 1. The smallest absolute Gasteiger partial charge is 0.306 e. The van der Waals surface area contributed by atoms with E-state index in [2.05, 4.69) is 10.2 Å². The SMILES string of the molecule is CC(C(=O)O)C1CCN(c2cc(-c3cccc(F)c3O)nnc2N)CC1. The summed E-state index contributed by atoms with van der Waals surface area (Å²) in [6, 6.07) is 5.89. The Morgan fingerprint density at radius 1 is 1.35 bits per heavy atom. The van der Waals surface area contributed by atoms with Crippen molar-refractivity contribution >= 4 is 17.5 Å². The van der Waals surface area contributed by atoms with Crippen LogP contribution in [0.25, 0.3) is 11.3 Å². The second-order valence-electron chi connectivity index (χ2n) is 6.59. The number of para-hydroxylation sites is 1. The fourth-order valence-electron chi connectivity index (χ4n) is 3.34. The number of nitrogen functional groups attached to an aromatic ring is 1. The third kappa shape index (κ3) is 3.40. The molecule has 0 saturated carbocycles. The van der Waals surface area contributed by atoms with Crippen LogP contribution in [0.1, 0.15) is 19.8 Å². The fraction of sp³-hybridized carbons (Fsp3) is 0.389. The first-order valence-electron chi connectivity index (χ1n) is 8.47. The number of anilines is 2. The molecule has 2 heterocycles. The number of benzene rings is 1. The Morgan fingerprint density at radius 3 is 2.69 bits per heavy atom. The van der Waals surface area contributed by atoms with Crippen LogP contribution >= 0.6 is 0 Å². The molecule has 1 unspecified atom stereocenters. The lowest BCUT2D eigenvalue weighted by molar-refractivity contribution is -0.143. The Kier molecular flexibility index (Phi) is 4.92. The van der Waals surface area contributed by atoms with Crippen molar-refractivity contribution in [2.75, 3.05) is 23.7 Å². The van der Waals surface area contributed by atoms with Gasteiger partial charge in [-0.25, -0.2) is 4.39 Å². The van der Waals surface area contributed by atoms with E-state index in [1.807, 2.05) is 4.90 Å². The fourth-order valence-corrected chi connectivity index (χ4v) is 3.34. The number of nitrogens with two attached hydrogens (primary N) is 1. The quantitative estimate of drug-likeness (QED) is 0.768. The van der Waals surface area contributed by atoms with E-state index in [4.69, 9.17) is 10.8 Å². The topological polar surface area (TPSA) is 113 Å². The summed E-state index contributed by atoms with van der Waals surface area (Å²) in [6.07, 6.45) is 1.46. The highest BCUT2D eigenvalue weighted by molar-refractivity contribution is 5.74. The molecule has 1 aliphatic rings. The van der Waals surface area contributed by atoms with E-state index in [0.29, 0.717) is 24.5 Å². The first kappa shape index (κ1) is 17.9. The second-order valence-corrected chi connectivity index (χ2v) is 6.59. The average Bonchev–Trinajstić information content (AvgIpc) is 2.64. The summed E-state index contributed by atoms with van der Waals surface area (Å²) in [4.78, 5) is 13.2. The van der Waals surface area contributed by atoms with Gasteiger partial charge in [0, 0.05) is 18.7 Å². The maximum atomic E-state index is 13.6. The molecule has 138 valence electrons. The first-order chi connectivity index (χ1) is 12.4. The number of rotatable bonds is 4. The van der Waals surface area contributed by atoms with E-state index >= 15 is 0 Å². The van der Waals surface area contributed by atoms with Crippen LogP contribution < -0.4 is 10.6 Å². The number of halogens is 1. The number of nitrogens with zero attached hydrogens (tertiary/aromatic N) is 3. The molecule has 4 N–H and O–H groups in total. The van der Waals surface area contributed by atoms with Crippen molar-refractivity contribution in [1.82, 2.24) is 10.2 Å². The van der Waals surface area contributed by atoms with E-state index in [0.717, 1.165) is 12.8 Å². The van der Waals surface area contributed by atoms with Gasteiger partial charge in [0.2, 0.25) is 0 Å².